The Balaban J connectivity index is 2.20. The van der Waals surface area contributed by atoms with E-state index in [4.69, 9.17) is 0 Å². The number of carbonyl (C=O) groups is 2. The van der Waals surface area contributed by atoms with Crippen molar-refractivity contribution in [3.8, 4) is 0 Å². The highest BCUT2D eigenvalue weighted by molar-refractivity contribution is 9.12. The molecular weight excluding hydrogens is 304 g/mol. The zero-order chi connectivity index (χ0) is 14.0. The second-order valence-corrected chi connectivity index (χ2v) is 6.21. The fourth-order valence-corrected chi connectivity index (χ4v) is 2.67. The molecule has 0 unspecified atom stereocenters. The van der Waals surface area contributed by atoms with Crippen molar-refractivity contribution in [2.75, 3.05) is 0 Å². The summed E-state index contributed by atoms with van der Waals surface area (Å²) in [5, 5.41) is 0. The van der Waals surface area contributed by atoms with Crippen LogP contribution >= 0.6 is 15.9 Å². The third-order valence-electron chi connectivity index (χ3n) is 3.32. The molecular formula is C16H17BrO2. The van der Waals surface area contributed by atoms with Gasteiger partial charge in [0.2, 0.25) is 5.78 Å². The molecule has 0 radical (unpaired) electrons. The standard InChI is InChI=1S/C16H17BrO2/c1-10(2)4-3-5-11-6-7-12-13(8-11)16(19)14(17)9-15(12)18/h6-10H,3-5H2,1-2H3. The Morgan fingerprint density at radius 3 is 2.58 bits per heavy atom. The second-order valence-electron chi connectivity index (χ2n) is 5.35. The van der Waals surface area contributed by atoms with Crippen LogP contribution in [0.5, 0.6) is 0 Å². The van der Waals surface area contributed by atoms with Gasteiger partial charge in [0, 0.05) is 17.2 Å². The van der Waals surface area contributed by atoms with Crippen LogP contribution in [0.1, 0.15) is 53.0 Å². The zero-order valence-electron chi connectivity index (χ0n) is 11.2. The van der Waals surface area contributed by atoms with Crippen molar-refractivity contribution in [3.05, 3.63) is 45.4 Å². The predicted molar refractivity (Wildman–Crippen MR) is 79.9 cm³/mol. The lowest BCUT2D eigenvalue weighted by Gasteiger charge is -2.13. The van der Waals surface area contributed by atoms with Gasteiger partial charge < -0.3 is 0 Å². The number of halogens is 1. The van der Waals surface area contributed by atoms with Gasteiger partial charge in [-0.05, 0) is 46.3 Å². The summed E-state index contributed by atoms with van der Waals surface area (Å²) in [6.45, 7) is 4.41. The first-order valence-electron chi connectivity index (χ1n) is 6.58. The number of hydrogen-bond donors (Lipinski definition) is 0. The van der Waals surface area contributed by atoms with Crippen molar-refractivity contribution in [2.24, 2.45) is 5.92 Å². The minimum atomic E-state index is -0.102. The molecule has 0 heterocycles. The average Bonchev–Trinajstić information content (AvgIpc) is 2.35. The third-order valence-corrected chi connectivity index (χ3v) is 3.90. The largest absolute Gasteiger partial charge is 0.289 e. The lowest BCUT2D eigenvalue weighted by molar-refractivity contribution is 0.0991. The van der Waals surface area contributed by atoms with Gasteiger partial charge in [0.05, 0.1) is 4.48 Å². The van der Waals surface area contributed by atoms with Crippen LogP contribution in [0.25, 0.3) is 0 Å². The summed E-state index contributed by atoms with van der Waals surface area (Å²) in [6.07, 6.45) is 4.58. The number of fused-ring (bicyclic) bond motifs is 1. The number of allylic oxidation sites excluding steroid dienone is 2. The third kappa shape index (κ3) is 3.21. The summed E-state index contributed by atoms with van der Waals surface area (Å²) in [4.78, 5) is 23.8. The number of aryl methyl sites for hydroxylation is 1. The summed E-state index contributed by atoms with van der Waals surface area (Å²) in [5.41, 5.74) is 2.17. The SMILES string of the molecule is CC(C)CCCc1ccc2c(c1)C(=O)C(Br)=CC2=O. The van der Waals surface area contributed by atoms with Crippen LogP contribution in [-0.2, 0) is 6.42 Å². The van der Waals surface area contributed by atoms with Crippen LogP contribution in [0, 0.1) is 5.92 Å². The van der Waals surface area contributed by atoms with E-state index < -0.39 is 0 Å². The van der Waals surface area contributed by atoms with Crippen LogP contribution in [0.2, 0.25) is 0 Å². The summed E-state index contributed by atoms with van der Waals surface area (Å²) >= 11 is 3.15. The van der Waals surface area contributed by atoms with Gasteiger partial charge in [0.1, 0.15) is 0 Å². The number of carbonyl (C=O) groups excluding carboxylic acids is 2. The van der Waals surface area contributed by atoms with Crippen molar-refractivity contribution >= 4 is 27.5 Å². The van der Waals surface area contributed by atoms with Crippen LogP contribution in [0.4, 0.5) is 0 Å². The van der Waals surface area contributed by atoms with E-state index in [1.165, 1.54) is 12.5 Å². The molecule has 0 N–H and O–H groups in total. The first-order valence-corrected chi connectivity index (χ1v) is 7.37. The highest BCUT2D eigenvalue weighted by Gasteiger charge is 2.24. The Morgan fingerprint density at radius 1 is 1.16 bits per heavy atom. The smallest absolute Gasteiger partial charge is 0.200 e. The summed E-state index contributed by atoms with van der Waals surface area (Å²) in [7, 11) is 0. The molecule has 1 aliphatic carbocycles. The van der Waals surface area contributed by atoms with E-state index in [0.717, 1.165) is 18.4 Å². The van der Waals surface area contributed by atoms with Gasteiger partial charge in [-0.25, -0.2) is 0 Å². The molecule has 1 aromatic carbocycles. The molecule has 0 spiro atoms. The van der Waals surface area contributed by atoms with Crippen LogP contribution in [0.15, 0.2) is 28.8 Å². The number of ketones is 2. The molecule has 0 atom stereocenters. The average molecular weight is 321 g/mol. The molecule has 0 amide bonds. The maximum absolute atomic E-state index is 12.0. The minimum absolute atomic E-state index is 0.0969. The molecule has 0 fully saturated rings. The van der Waals surface area contributed by atoms with E-state index in [0.29, 0.717) is 21.5 Å². The molecule has 1 aliphatic rings. The number of hydrogen-bond acceptors (Lipinski definition) is 2. The van der Waals surface area contributed by atoms with Crippen molar-refractivity contribution in [1.82, 2.24) is 0 Å². The summed E-state index contributed by atoms with van der Waals surface area (Å²) in [5.74, 6) is 0.494. The van der Waals surface area contributed by atoms with Crippen molar-refractivity contribution in [2.45, 2.75) is 33.1 Å². The molecule has 2 rings (SSSR count). The normalized spacial score (nSPS) is 14.6. The Morgan fingerprint density at radius 2 is 1.89 bits per heavy atom. The molecule has 0 aromatic heterocycles. The molecule has 3 heteroatoms. The van der Waals surface area contributed by atoms with Crippen LogP contribution < -0.4 is 0 Å². The summed E-state index contributed by atoms with van der Waals surface area (Å²) < 4.78 is 0.351. The first-order chi connectivity index (χ1) is 8.99. The molecule has 2 nitrogen and oxygen atoms in total. The Hall–Kier alpha value is -1.22. The number of Topliss-reactive ketones (excluding diaryl/α,β-unsaturated/α-hetero) is 1. The fourth-order valence-electron chi connectivity index (χ4n) is 2.25. The Labute approximate surface area is 122 Å². The van der Waals surface area contributed by atoms with E-state index >= 15 is 0 Å². The van der Waals surface area contributed by atoms with E-state index in [2.05, 4.69) is 29.8 Å². The fraction of sp³-hybridized carbons (Fsp3) is 0.375. The van der Waals surface area contributed by atoms with Crippen molar-refractivity contribution < 1.29 is 9.59 Å². The van der Waals surface area contributed by atoms with Gasteiger partial charge in [-0.2, -0.15) is 0 Å². The highest BCUT2D eigenvalue weighted by Crippen LogP contribution is 2.26. The number of rotatable bonds is 4. The molecule has 0 aliphatic heterocycles. The zero-order valence-corrected chi connectivity index (χ0v) is 12.8. The molecule has 0 saturated carbocycles. The lowest BCUT2D eigenvalue weighted by atomic mass is 9.91. The van der Waals surface area contributed by atoms with Gasteiger partial charge in [0.25, 0.3) is 0 Å². The molecule has 19 heavy (non-hydrogen) atoms. The maximum Gasteiger partial charge on any atom is 0.200 e. The van der Waals surface area contributed by atoms with Gasteiger partial charge in [0.15, 0.2) is 5.78 Å². The summed E-state index contributed by atoms with van der Waals surface area (Å²) in [6, 6.07) is 5.60. The first kappa shape index (κ1) is 14.2. The lowest BCUT2D eigenvalue weighted by Crippen LogP contribution is -2.14. The number of benzene rings is 1. The molecule has 0 bridgehead atoms. The van der Waals surface area contributed by atoms with E-state index in [1.54, 1.807) is 6.07 Å². The molecule has 0 saturated heterocycles. The monoisotopic (exact) mass is 320 g/mol. The van der Waals surface area contributed by atoms with Crippen molar-refractivity contribution in [3.63, 3.8) is 0 Å². The van der Waals surface area contributed by atoms with Crippen LogP contribution in [-0.4, -0.2) is 11.6 Å². The Bertz CT molecular complexity index is 556. The van der Waals surface area contributed by atoms with E-state index in [-0.39, 0.29) is 11.6 Å². The van der Waals surface area contributed by atoms with Gasteiger partial charge in [-0.3, -0.25) is 9.59 Å². The maximum atomic E-state index is 12.0. The van der Waals surface area contributed by atoms with Crippen molar-refractivity contribution in [1.29, 1.82) is 0 Å². The quantitative estimate of drug-likeness (QED) is 0.827. The van der Waals surface area contributed by atoms with Gasteiger partial charge in [-0.1, -0.05) is 32.4 Å². The van der Waals surface area contributed by atoms with Crippen LogP contribution in [0.3, 0.4) is 0 Å². The molecule has 1 aromatic rings. The molecule has 100 valence electrons. The van der Waals surface area contributed by atoms with Gasteiger partial charge in [-0.15, -0.1) is 0 Å². The second kappa shape index (κ2) is 5.83. The Kier molecular flexibility index (Phi) is 4.35. The highest BCUT2D eigenvalue weighted by atomic mass is 79.9. The minimum Gasteiger partial charge on any atom is -0.289 e. The predicted octanol–water partition coefficient (Wildman–Crippen LogP) is 4.32. The van der Waals surface area contributed by atoms with E-state index in [1.807, 2.05) is 12.1 Å². The van der Waals surface area contributed by atoms with E-state index in [9.17, 15) is 9.59 Å². The van der Waals surface area contributed by atoms with Gasteiger partial charge >= 0.3 is 0 Å². The topological polar surface area (TPSA) is 34.1 Å².